The smallest absolute Gasteiger partial charge is 0.119 e. The minimum Gasteiger partial charge on any atom is -0.497 e. The fourth-order valence-electron chi connectivity index (χ4n) is 3.27. The number of nitrogens with zero attached hydrogens (tertiary/aromatic N) is 1. The van der Waals surface area contributed by atoms with Crippen LogP contribution >= 0.6 is 0 Å². The third kappa shape index (κ3) is 3.10. The molecule has 0 saturated carbocycles. The quantitative estimate of drug-likeness (QED) is 0.749. The molecule has 1 unspecified atom stereocenters. The summed E-state index contributed by atoms with van der Waals surface area (Å²) in [6, 6.07) is 16.8. The summed E-state index contributed by atoms with van der Waals surface area (Å²) in [5.41, 5.74) is 10.0. The van der Waals surface area contributed by atoms with Crippen LogP contribution in [0.5, 0.6) is 5.75 Å². The molecule has 0 spiro atoms. The number of hydrogen-bond acceptors (Lipinski definition) is 2. The van der Waals surface area contributed by atoms with Crippen molar-refractivity contribution in [2.24, 2.45) is 5.73 Å². The molecule has 0 amide bonds. The topological polar surface area (TPSA) is 40.2 Å². The maximum Gasteiger partial charge on any atom is 0.119 e. The number of aryl methyl sites for hydroxylation is 1. The molecule has 1 atom stereocenters. The van der Waals surface area contributed by atoms with E-state index in [2.05, 4.69) is 54.1 Å². The predicted octanol–water partition coefficient (Wildman–Crippen LogP) is 3.95. The van der Waals surface area contributed by atoms with Gasteiger partial charge < -0.3 is 15.0 Å². The molecule has 1 aromatic heterocycles. The molecule has 23 heavy (non-hydrogen) atoms. The molecule has 2 aromatic carbocycles. The summed E-state index contributed by atoms with van der Waals surface area (Å²) >= 11 is 0. The number of methoxy groups -OCH3 is 1. The Morgan fingerprint density at radius 3 is 2.70 bits per heavy atom. The summed E-state index contributed by atoms with van der Waals surface area (Å²) < 4.78 is 7.64. The Hall–Kier alpha value is -2.26. The predicted molar refractivity (Wildman–Crippen MR) is 96.1 cm³/mol. The number of nitrogens with two attached hydrogens (primary N) is 1. The third-order valence-corrected chi connectivity index (χ3v) is 4.50. The van der Waals surface area contributed by atoms with E-state index in [0.717, 1.165) is 18.7 Å². The summed E-state index contributed by atoms with van der Waals surface area (Å²) in [5.74, 6) is 1.20. The fraction of sp³-hybridized carbons (Fsp3) is 0.300. The Morgan fingerprint density at radius 2 is 1.96 bits per heavy atom. The molecule has 0 radical (unpaired) electrons. The van der Waals surface area contributed by atoms with Crippen LogP contribution in [0.4, 0.5) is 0 Å². The van der Waals surface area contributed by atoms with Gasteiger partial charge in [-0.15, -0.1) is 0 Å². The number of hydrogen-bond donors (Lipinski definition) is 1. The van der Waals surface area contributed by atoms with Crippen molar-refractivity contribution in [2.75, 3.05) is 13.7 Å². The first-order chi connectivity index (χ1) is 11.3. The van der Waals surface area contributed by atoms with Crippen LogP contribution in [0.1, 0.15) is 24.0 Å². The van der Waals surface area contributed by atoms with Crippen molar-refractivity contribution in [3.63, 3.8) is 0 Å². The van der Waals surface area contributed by atoms with E-state index in [1.165, 1.54) is 22.0 Å². The number of para-hydroxylation sites is 1. The first-order valence-electron chi connectivity index (χ1n) is 8.17. The van der Waals surface area contributed by atoms with Gasteiger partial charge in [0.2, 0.25) is 0 Å². The van der Waals surface area contributed by atoms with Crippen molar-refractivity contribution in [2.45, 2.75) is 25.8 Å². The second-order valence-corrected chi connectivity index (χ2v) is 5.88. The van der Waals surface area contributed by atoms with E-state index in [4.69, 9.17) is 10.5 Å². The average molecular weight is 308 g/mol. The van der Waals surface area contributed by atoms with Crippen LogP contribution < -0.4 is 10.5 Å². The van der Waals surface area contributed by atoms with Gasteiger partial charge in [0.1, 0.15) is 5.75 Å². The Bertz CT molecular complexity index is 791. The van der Waals surface area contributed by atoms with Gasteiger partial charge in [0.15, 0.2) is 0 Å². The van der Waals surface area contributed by atoms with Crippen LogP contribution in [-0.2, 0) is 13.0 Å². The van der Waals surface area contributed by atoms with Crippen LogP contribution in [0, 0.1) is 0 Å². The molecular formula is C20H24N2O. The molecule has 0 saturated heterocycles. The Morgan fingerprint density at radius 1 is 1.13 bits per heavy atom. The van der Waals surface area contributed by atoms with E-state index in [1.54, 1.807) is 7.11 Å². The Balaban J connectivity index is 1.97. The molecule has 0 fully saturated rings. The van der Waals surface area contributed by atoms with Gasteiger partial charge in [0.05, 0.1) is 7.11 Å². The van der Waals surface area contributed by atoms with Crippen LogP contribution in [0.3, 0.4) is 0 Å². The first kappa shape index (κ1) is 15.6. The number of rotatable bonds is 6. The highest BCUT2D eigenvalue weighted by Gasteiger charge is 2.17. The van der Waals surface area contributed by atoms with Gasteiger partial charge in [-0.25, -0.2) is 0 Å². The first-order valence-corrected chi connectivity index (χ1v) is 8.17. The second-order valence-electron chi connectivity index (χ2n) is 5.88. The van der Waals surface area contributed by atoms with Crippen molar-refractivity contribution in [1.82, 2.24) is 4.57 Å². The zero-order valence-electron chi connectivity index (χ0n) is 13.8. The third-order valence-electron chi connectivity index (χ3n) is 4.50. The van der Waals surface area contributed by atoms with E-state index in [9.17, 15) is 0 Å². The van der Waals surface area contributed by atoms with Gasteiger partial charge in [-0.1, -0.05) is 30.3 Å². The lowest BCUT2D eigenvalue weighted by Crippen LogP contribution is -2.15. The summed E-state index contributed by atoms with van der Waals surface area (Å²) in [4.78, 5) is 0. The summed E-state index contributed by atoms with van der Waals surface area (Å²) in [6.07, 6.45) is 3.19. The monoisotopic (exact) mass is 308 g/mol. The van der Waals surface area contributed by atoms with E-state index in [1.807, 2.05) is 12.1 Å². The van der Waals surface area contributed by atoms with Crippen molar-refractivity contribution < 1.29 is 4.74 Å². The molecule has 0 aliphatic heterocycles. The summed E-state index contributed by atoms with van der Waals surface area (Å²) in [5, 5.41) is 1.31. The Kier molecular flexibility index (Phi) is 4.68. The molecule has 1 heterocycles. The summed E-state index contributed by atoms with van der Waals surface area (Å²) in [6.45, 7) is 3.78. The van der Waals surface area contributed by atoms with E-state index >= 15 is 0 Å². The zero-order chi connectivity index (χ0) is 16.2. The molecule has 3 nitrogen and oxygen atoms in total. The fourth-order valence-corrected chi connectivity index (χ4v) is 3.27. The van der Waals surface area contributed by atoms with Gasteiger partial charge in [-0.3, -0.25) is 0 Å². The molecule has 120 valence electrons. The van der Waals surface area contributed by atoms with Gasteiger partial charge in [0.25, 0.3) is 0 Å². The maximum absolute atomic E-state index is 6.12. The van der Waals surface area contributed by atoms with Crippen LogP contribution in [0.2, 0.25) is 0 Å². The van der Waals surface area contributed by atoms with Gasteiger partial charge in [-0.05, 0) is 49.2 Å². The molecule has 2 N–H and O–H groups in total. The van der Waals surface area contributed by atoms with Gasteiger partial charge >= 0.3 is 0 Å². The van der Waals surface area contributed by atoms with Crippen LogP contribution in [0.25, 0.3) is 10.9 Å². The minimum absolute atomic E-state index is 0.305. The highest BCUT2D eigenvalue weighted by molar-refractivity contribution is 5.84. The molecule has 3 aromatic rings. The number of fused-ring (bicyclic) bond motifs is 1. The van der Waals surface area contributed by atoms with Crippen molar-refractivity contribution in [1.29, 1.82) is 0 Å². The van der Waals surface area contributed by atoms with Crippen molar-refractivity contribution in [3.05, 3.63) is 65.9 Å². The molecule has 3 heteroatoms. The lowest BCUT2D eigenvalue weighted by Gasteiger charge is -2.15. The van der Waals surface area contributed by atoms with E-state index in [0.29, 0.717) is 12.5 Å². The highest BCUT2D eigenvalue weighted by Crippen LogP contribution is 2.30. The standard InChI is InChI=1S/C20H24N2O/c1-3-22-14-19(18-9-4-5-10-20(18)22)16(13-21)11-15-7-6-8-17(12-15)23-2/h4-10,12,14,16H,3,11,13,21H2,1-2H3. The number of aromatic nitrogens is 1. The molecular weight excluding hydrogens is 284 g/mol. The maximum atomic E-state index is 6.12. The zero-order valence-corrected chi connectivity index (χ0v) is 13.8. The van der Waals surface area contributed by atoms with Crippen molar-refractivity contribution in [3.8, 4) is 5.75 Å². The average Bonchev–Trinajstić information content (AvgIpc) is 2.98. The normalized spacial score (nSPS) is 12.5. The molecule has 3 rings (SSSR count). The SMILES string of the molecule is CCn1cc(C(CN)Cc2cccc(OC)c2)c2ccccc21. The molecule has 0 aliphatic rings. The highest BCUT2D eigenvalue weighted by atomic mass is 16.5. The van der Waals surface area contributed by atoms with E-state index in [-0.39, 0.29) is 0 Å². The minimum atomic E-state index is 0.305. The van der Waals surface area contributed by atoms with Crippen molar-refractivity contribution >= 4 is 10.9 Å². The second kappa shape index (κ2) is 6.88. The lowest BCUT2D eigenvalue weighted by atomic mass is 9.91. The van der Waals surface area contributed by atoms with Gasteiger partial charge in [-0.2, -0.15) is 0 Å². The van der Waals surface area contributed by atoms with Gasteiger partial charge in [0, 0.05) is 29.6 Å². The molecule has 0 bridgehead atoms. The number of ether oxygens (including phenoxy) is 1. The largest absolute Gasteiger partial charge is 0.497 e. The van der Waals surface area contributed by atoms with Crippen LogP contribution in [-0.4, -0.2) is 18.2 Å². The lowest BCUT2D eigenvalue weighted by molar-refractivity contribution is 0.414. The van der Waals surface area contributed by atoms with E-state index < -0.39 is 0 Å². The number of benzene rings is 2. The van der Waals surface area contributed by atoms with Crippen LogP contribution in [0.15, 0.2) is 54.7 Å². The summed E-state index contributed by atoms with van der Waals surface area (Å²) in [7, 11) is 1.70. The molecule has 0 aliphatic carbocycles. The Labute approximate surface area is 137 Å².